The summed E-state index contributed by atoms with van der Waals surface area (Å²) in [6.07, 6.45) is 9.95. The average molecular weight is 330 g/mol. The number of hydrogen-bond acceptors (Lipinski definition) is 2. The maximum atomic E-state index is 6.36. The molecule has 2 heterocycles. The summed E-state index contributed by atoms with van der Waals surface area (Å²) in [6.45, 7) is 1.11. The summed E-state index contributed by atoms with van der Waals surface area (Å²) in [6, 6.07) is 2.62. The number of hydrogen-bond donors (Lipinski definition) is 0. The Balaban J connectivity index is 1.89. The largest absolute Gasteiger partial charge is 0.352 e. The molecule has 2 atom stereocenters. The highest BCUT2D eigenvalue weighted by molar-refractivity contribution is 9.10. The molecule has 1 saturated carbocycles. The summed E-state index contributed by atoms with van der Waals surface area (Å²) in [7, 11) is 0. The fraction of sp³-hybridized carbons (Fsp3) is 0.643. The van der Waals surface area contributed by atoms with E-state index in [1.807, 2.05) is 12.3 Å². The van der Waals surface area contributed by atoms with Gasteiger partial charge in [-0.1, -0.05) is 24.4 Å². The lowest BCUT2D eigenvalue weighted by Crippen LogP contribution is -2.47. The predicted octanol–water partition coefficient (Wildman–Crippen LogP) is 4.66. The number of anilines is 1. The van der Waals surface area contributed by atoms with Gasteiger partial charge in [-0.3, -0.25) is 0 Å². The van der Waals surface area contributed by atoms with Gasteiger partial charge in [0.15, 0.2) is 0 Å². The zero-order valence-electron chi connectivity index (χ0n) is 10.4. The Morgan fingerprint density at radius 3 is 2.83 bits per heavy atom. The molecular weight excluding hydrogens is 312 g/mol. The lowest BCUT2D eigenvalue weighted by atomic mass is 9.78. The van der Waals surface area contributed by atoms with Gasteiger partial charge in [0.1, 0.15) is 5.82 Å². The minimum Gasteiger partial charge on any atom is -0.352 e. The first-order chi connectivity index (χ1) is 8.75. The molecule has 3 rings (SSSR count). The normalized spacial score (nSPS) is 28.0. The molecule has 2 aliphatic rings. The zero-order valence-corrected chi connectivity index (χ0v) is 12.8. The van der Waals surface area contributed by atoms with Gasteiger partial charge >= 0.3 is 0 Å². The number of pyridine rings is 1. The Morgan fingerprint density at radius 2 is 2.00 bits per heavy atom. The molecule has 2 nitrogen and oxygen atoms in total. The van der Waals surface area contributed by atoms with E-state index in [0.29, 0.717) is 6.04 Å². The van der Waals surface area contributed by atoms with Crippen LogP contribution in [-0.2, 0) is 0 Å². The van der Waals surface area contributed by atoms with Crippen molar-refractivity contribution in [3.8, 4) is 0 Å². The highest BCUT2D eigenvalue weighted by Gasteiger charge is 2.34. The van der Waals surface area contributed by atoms with Gasteiger partial charge in [-0.05, 0) is 53.6 Å². The summed E-state index contributed by atoms with van der Waals surface area (Å²) in [5.74, 6) is 1.84. The number of halogens is 2. The van der Waals surface area contributed by atoms with E-state index in [9.17, 15) is 0 Å². The summed E-state index contributed by atoms with van der Waals surface area (Å²) in [5.41, 5.74) is 0. The van der Waals surface area contributed by atoms with Gasteiger partial charge in [-0.2, -0.15) is 0 Å². The molecule has 0 bridgehead atoms. The molecule has 0 amide bonds. The molecular formula is C14H18BrClN2. The first kappa shape index (κ1) is 12.7. The second-order valence-corrected chi connectivity index (χ2v) is 6.73. The third-order valence-electron chi connectivity index (χ3n) is 4.30. The SMILES string of the molecule is Clc1cc(Br)cnc1N1CCCC2CCCCC21. The second kappa shape index (κ2) is 5.38. The molecule has 1 aliphatic heterocycles. The Labute approximate surface area is 122 Å². The molecule has 4 heteroatoms. The number of rotatable bonds is 1. The average Bonchev–Trinajstić information content (AvgIpc) is 2.38. The van der Waals surface area contributed by atoms with Crippen LogP contribution in [0, 0.1) is 5.92 Å². The predicted molar refractivity (Wildman–Crippen MR) is 79.3 cm³/mol. The molecule has 0 radical (unpaired) electrons. The van der Waals surface area contributed by atoms with Crippen LogP contribution in [0.15, 0.2) is 16.7 Å². The molecule has 1 saturated heterocycles. The van der Waals surface area contributed by atoms with E-state index < -0.39 is 0 Å². The monoisotopic (exact) mass is 328 g/mol. The minimum absolute atomic E-state index is 0.665. The summed E-state index contributed by atoms with van der Waals surface area (Å²) in [4.78, 5) is 7.00. The smallest absolute Gasteiger partial charge is 0.147 e. The third kappa shape index (κ3) is 2.39. The van der Waals surface area contributed by atoms with Crippen LogP contribution >= 0.6 is 27.5 Å². The van der Waals surface area contributed by atoms with Crippen LogP contribution in [0.5, 0.6) is 0 Å². The van der Waals surface area contributed by atoms with Gasteiger partial charge in [0.05, 0.1) is 5.02 Å². The van der Waals surface area contributed by atoms with E-state index in [1.165, 1.54) is 38.5 Å². The highest BCUT2D eigenvalue weighted by atomic mass is 79.9. The van der Waals surface area contributed by atoms with Gasteiger partial charge in [0.2, 0.25) is 0 Å². The number of nitrogens with zero attached hydrogens (tertiary/aromatic N) is 2. The fourth-order valence-corrected chi connectivity index (χ4v) is 4.24. The maximum Gasteiger partial charge on any atom is 0.147 e. The summed E-state index contributed by atoms with van der Waals surface area (Å²) < 4.78 is 0.952. The van der Waals surface area contributed by atoms with Gasteiger partial charge in [-0.15, -0.1) is 0 Å². The number of aromatic nitrogens is 1. The molecule has 0 spiro atoms. The molecule has 0 aromatic carbocycles. The number of fused-ring (bicyclic) bond motifs is 1. The van der Waals surface area contributed by atoms with Crippen molar-refractivity contribution in [2.75, 3.05) is 11.4 Å². The molecule has 98 valence electrons. The first-order valence-corrected chi connectivity index (χ1v) is 8.00. The fourth-order valence-electron chi connectivity index (χ4n) is 3.51. The Morgan fingerprint density at radius 1 is 1.22 bits per heavy atom. The quantitative estimate of drug-likeness (QED) is 0.745. The molecule has 0 N–H and O–H groups in total. The Kier molecular flexibility index (Phi) is 3.81. The second-order valence-electron chi connectivity index (χ2n) is 5.41. The van der Waals surface area contributed by atoms with Crippen LogP contribution in [0.3, 0.4) is 0 Å². The Bertz CT molecular complexity index is 436. The maximum absolute atomic E-state index is 6.36. The van der Waals surface area contributed by atoms with Crippen molar-refractivity contribution in [3.63, 3.8) is 0 Å². The molecule has 1 aromatic heterocycles. The summed E-state index contributed by atoms with van der Waals surface area (Å²) in [5, 5.41) is 0.774. The van der Waals surface area contributed by atoms with Crippen LogP contribution in [-0.4, -0.2) is 17.6 Å². The van der Waals surface area contributed by atoms with Crippen molar-refractivity contribution in [3.05, 3.63) is 21.8 Å². The van der Waals surface area contributed by atoms with E-state index >= 15 is 0 Å². The third-order valence-corrected chi connectivity index (χ3v) is 5.02. The van der Waals surface area contributed by atoms with Crippen LogP contribution in [0.2, 0.25) is 5.02 Å². The van der Waals surface area contributed by atoms with Gasteiger partial charge < -0.3 is 4.90 Å². The number of piperidine rings is 1. The van der Waals surface area contributed by atoms with Gasteiger partial charge in [-0.25, -0.2) is 4.98 Å². The van der Waals surface area contributed by atoms with Crippen LogP contribution in [0.25, 0.3) is 0 Å². The van der Waals surface area contributed by atoms with Crippen molar-refractivity contribution in [1.82, 2.24) is 4.98 Å². The van der Waals surface area contributed by atoms with Crippen LogP contribution in [0.4, 0.5) is 5.82 Å². The molecule has 2 fully saturated rings. The van der Waals surface area contributed by atoms with Crippen molar-refractivity contribution < 1.29 is 0 Å². The highest BCUT2D eigenvalue weighted by Crippen LogP contribution is 2.39. The minimum atomic E-state index is 0.665. The molecule has 1 aliphatic carbocycles. The lowest BCUT2D eigenvalue weighted by molar-refractivity contribution is 0.243. The molecule has 1 aromatic rings. The Hall–Kier alpha value is -0.280. The zero-order chi connectivity index (χ0) is 12.5. The van der Waals surface area contributed by atoms with Crippen molar-refractivity contribution in [2.45, 2.75) is 44.6 Å². The molecule has 18 heavy (non-hydrogen) atoms. The van der Waals surface area contributed by atoms with Crippen molar-refractivity contribution in [2.24, 2.45) is 5.92 Å². The molecule has 2 unspecified atom stereocenters. The topological polar surface area (TPSA) is 16.1 Å². The van der Waals surface area contributed by atoms with Crippen LogP contribution in [0.1, 0.15) is 38.5 Å². The summed E-state index contributed by atoms with van der Waals surface area (Å²) >= 11 is 9.78. The van der Waals surface area contributed by atoms with Gasteiger partial charge in [0.25, 0.3) is 0 Å². The van der Waals surface area contributed by atoms with E-state index in [2.05, 4.69) is 25.8 Å². The standard InChI is InChI=1S/C14H18BrClN2/c15-11-8-12(16)14(17-9-11)18-7-3-5-10-4-1-2-6-13(10)18/h8-10,13H,1-7H2. The van der Waals surface area contributed by atoms with E-state index in [1.54, 1.807) is 0 Å². The lowest BCUT2D eigenvalue weighted by Gasteiger charge is -2.45. The van der Waals surface area contributed by atoms with Crippen molar-refractivity contribution in [1.29, 1.82) is 0 Å². The van der Waals surface area contributed by atoms with E-state index in [0.717, 1.165) is 27.8 Å². The van der Waals surface area contributed by atoms with E-state index in [4.69, 9.17) is 11.6 Å². The van der Waals surface area contributed by atoms with Crippen molar-refractivity contribution >= 4 is 33.3 Å². The van der Waals surface area contributed by atoms with Gasteiger partial charge in [0, 0.05) is 23.3 Å². The first-order valence-electron chi connectivity index (χ1n) is 6.83. The van der Waals surface area contributed by atoms with Crippen LogP contribution < -0.4 is 4.90 Å². The van der Waals surface area contributed by atoms with E-state index in [-0.39, 0.29) is 0 Å².